The lowest BCUT2D eigenvalue weighted by atomic mass is 10.4. The van der Waals surface area contributed by atoms with Crippen molar-refractivity contribution in [1.29, 1.82) is 0 Å². The molecule has 0 radical (unpaired) electrons. The largest absolute Gasteiger partial charge is 0.471 e. The van der Waals surface area contributed by atoms with Crippen molar-refractivity contribution in [2.45, 2.75) is 19.6 Å². The Hall–Kier alpha value is -2.16. The SMILES string of the molecule is Cc1cnn(Cc2ccc(-c3noc(C(F)(F)F)n3)s2)c1. The van der Waals surface area contributed by atoms with E-state index in [0.717, 1.165) is 10.4 Å². The van der Waals surface area contributed by atoms with Crippen LogP contribution in [0.2, 0.25) is 0 Å². The fourth-order valence-electron chi connectivity index (χ4n) is 1.73. The molecule has 5 nitrogen and oxygen atoms in total. The molecule has 0 unspecified atom stereocenters. The van der Waals surface area contributed by atoms with Crippen LogP contribution in [0.5, 0.6) is 0 Å². The van der Waals surface area contributed by atoms with Crippen LogP contribution in [0.4, 0.5) is 13.2 Å². The summed E-state index contributed by atoms with van der Waals surface area (Å²) < 4.78 is 43.2. The molecule has 9 heteroatoms. The Balaban J connectivity index is 1.80. The van der Waals surface area contributed by atoms with E-state index in [2.05, 4.69) is 19.8 Å². The first-order chi connectivity index (χ1) is 9.91. The molecule has 3 rings (SSSR count). The second-order valence-electron chi connectivity index (χ2n) is 4.40. The molecule has 0 aliphatic rings. The van der Waals surface area contributed by atoms with Crippen molar-refractivity contribution < 1.29 is 17.7 Å². The van der Waals surface area contributed by atoms with Crippen LogP contribution in [0.25, 0.3) is 10.7 Å². The molecule has 3 aromatic heterocycles. The molecule has 0 spiro atoms. The normalized spacial score (nSPS) is 12.0. The maximum Gasteiger partial charge on any atom is 0.471 e. The summed E-state index contributed by atoms with van der Waals surface area (Å²) in [6.45, 7) is 2.48. The highest BCUT2D eigenvalue weighted by Gasteiger charge is 2.38. The first-order valence-corrected chi connectivity index (χ1v) is 6.72. The molecule has 3 heterocycles. The van der Waals surface area contributed by atoms with Gasteiger partial charge in [-0.3, -0.25) is 4.68 Å². The second kappa shape index (κ2) is 4.99. The smallest absolute Gasteiger partial charge is 0.329 e. The second-order valence-corrected chi connectivity index (χ2v) is 5.57. The van der Waals surface area contributed by atoms with Gasteiger partial charge in [-0.25, -0.2) is 0 Å². The van der Waals surface area contributed by atoms with Crippen LogP contribution < -0.4 is 0 Å². The Morgan fingerprint density at radius 3 is 2.76 bits per heavy atom. The fraction of sp³-hybridized carbons (Fsp3) is 0.250. The van der Waals surface area contributed by atoms with Gasteiger partial charge in [-0.1, -0.05) is 5.16 Å². The molecule has 0 amide bonds. The Labute approximate surface area is 121 Å². The van der Waals surface area contributed by atoms with Crippen LogP contribution in [0.3, 0.4) is 0 Å². The third-order valence-electron chi connectivity index (χ3n) is 2.63. The van der Waals surface area contributed by atoms with Crippen LogP contribution in [0.1, 0.15) is 16.3 Å². The minimum Gasteiger partial charge on any atom is -0.329 e. The zero-order valence-corrected chi connectivity index (χ0v) is 11.6. The highest BCUT2D eigenvalue weighted by molar-refractivity contribution is 7.15. The van der Waals surface area contributed by atoms with Gasteiger partial charge in [0.2, 0.25) is 5.82 Å². The first-order valence-electron chi connectivity index (χ1n) is 5.91. The summed E-state index contributed by atoms with van der Waals surface area (Å²) in [6, 6.07) is 3.47. The summed E-state index contributed by atoms with van der Waals surface area (Å²) in [6.07, 6.45) is -1.00. The van der Waals surface area contributed by atoms with E-state index in [1.807, 2.05) is 13.1 Å². The highest BCUT2D eigenvalue weighted by Crippen LogP contribution is 2.31. The number of alkyl halides is 3. The third kappa shape index (κ3) is 2.97. The lowest BCUT2D eigenvalue weighted by Crippen LogP contribution is -2.04. The monoisotopic (exact) mass is 314 g/mol. The average Bonchev–Trinajstić information content (AvgIpc) is 3.08. The maximum atomic E-state index is 12.4. The molecule has 110 valence electrons. The Morgan fingerprint density at radius 2 is 2.14 bits per heavy atom. The molecular weight excluding hydrogens is 305 g/mol. The fourth-order valence-corrected chi connectivity index (χ4v) is 2.66. The van der Waals surface area contributed by atoms with Crippen LogP contribution in [-0.4, -0.2) is 19.9 Å². The molecule has 0 saturated carbocycles. The average molecular weight is 314 g/mol. The van der Waals surface area contributed by atoms with Crippen molar-refractivity contribution in [2.75, 3.05) is 0 Å². The topological polar surface area (TPSA) is 56.7 Å². The van der Waals surface area contributed by atoms with Gasteiger partial charge in [0.15, 0.2) is 0 Å². The van der Waals surface area contributed by atoms with E-state index in [1.165, 1.54) is 11.3 Å². The minimum absolute atomic E-state index is 0.0600. The van der Waals surface area contributed by atoms with Gasteiger partial charge in [0.1, 0.15) is 0 Å². The molecule has 0 aliphatic carbocycles. The van der Waals surface area contributed by atoms with Crippen molar-refractivity contribution >= 4 is 11.3 Å². The van der Waals surface area contributed by atoms with Crippen molar-refractivity contribution in [3.63, 3.8) is 0 Å². The van der Waals surface area contributed by atoms with Crippen LogP contribution in [-0.2, 0) is 12.7 Å². The van der Waals surface area contributed by atoms with Crippen molar-refractivity contribution in [1.82, 2.24) is 19.9 Å². The predicted molar refractivity (Wildman–Crippen MR) is 68.7 cm³/mol. The summed E-state index contributed by atoms with van der Waals surface area (Å²) in [5, 5.41) is 7.51. The van der Waals surface area contributed by atoms with E-state index >= 15 is 0 Å². The first kappa shape index (κ1) is 13.8. The Bertz CT molecular complexity index is 758. The van der Waals surface area contributed by atoms with Crippen molar-refractivity contribution in [3.8, 4) is 10.7 Å². The van der Waals surface area contributed by atoms with Gasteiger partial charge >= 0.3 is 12.1 Å². The number of hydrogen-bond acceptors (Lipinski definition) is 5. The van der Waals surface area contributed by atoms with Gasteiger partial charge in [-0.2, -0.15) is 23.3 Å². The van der Waals surface area contributed by atoms with Crippen molar-refractivity contribution in [2.24, 2.45) is 0 Å². The van der Waals surface area contributed by atoms with Gasteiger partial charge < -0.3 is 4.52 Å². The molecule has 0 atom stereocenters. The molecule has 0 aromatic carbocycles. The van der Waals surface area contributed by atoms with Gasteiger partial charge in [-0.15, -0.1) is 11.3 Å². The standard InChI is InChI=1S/C12H9F3N4OS/c1-7-4-16-19(5-7)6-8-2-3-9(21-8)10-17-11(20-18-10)12(13,14)15/h2-5H,6H2,1H3. The Kier molecular flexibility index (Phi) is 3.28. The van der Waals surface area contributed by atoms with Gasteiger partial charge in [0.05, 0.1) is 17.6 Å². The van der Waals surface area contributed by atoms with E-state index in [1.54, 1.807) is 23.0 Å². The zero-order valence-electron chi connectivity index (χ0n) is 10.8. The van der Waals surface area contributed by atoms with Crippen LogP contribution >= 0.6 is 11.3 Å². The number of hydrogen-bond donors (Lipinski definition) is 0. The van der Waals surface area contributed by atoms with Gasteiger partial charge in [-0.05, 0) is 24.6 Å². The summed E-state index contributed by atoms with van der Waals surface area (Å²) in [5.41, 5.74) is 1.04. The van der Waals surface area contributed by atoms with Crippen LogP contribution in [0, 0.1) is 6.92 Å². The zero-order chi connectivity index (χ0) is 15.0. The Morgan fingerprint density at radius 1 is 1.33 bits per heavy atom. The molecule has 0 aliphatic heterocycles. The summed E-state index contributed by atoms with van der Waals surface area (Å²) in [5.74, 6) is -1.40. The molecule has 21 heavy (non-hydrogen) atoms. The maximum absolute atomic E-state index is 12.4. The third-order valence-corrected chi connectivity index (χ3v) is 3.70. The summed E-state index contributed by atoms with van der Waals surface area (Å²) in [4.78, 5) is 4.82. The lowest BCUT2D eigenvalue weighted by molar-refractivity contribution is -0.159. The lowest BCUT2D eigenvalue weighted by Gasteiger charge is -1.96. The predicted octanol–water partition coefficient (Wildman–Crippen LogP) is 3.37. The number of aromatic nitrogens is 4. The van der Waals surface area contributed by atoms with E-state index in [0.29, 0.717) is 11.4 Å². The van der Waals surface area contributed by atoms with Crippen molar-refractivity contribution in [3.05, 3.63) is 40.9 Å². The van der Waals surface area contributed by atoms with Gasteiger partial charge in [0.25, 0.3) is 0 Å². The van der Waals surface area contributed by atoms with E-state index in [4.69, 9.17) is 0 Å². The molecule has 0 bridgehead atoms. The van der Waals surface area contributed by atoms with E-state index < -0.39 is 12.1 Å². The van der Waals surface area contributed by atoms with Gasteiger partial charge in [0, 0.05) is 11.1 Å². The summed E-state index contributed by atoms with van der Waals surface area (Å²) in [7, 11) is 0. The van der Waals surface area contributed by atoms with Crippen LogP contribution in [0.15, 0.2) is 29.0 Å². The summed E-state index contributed by atoms with van der Waals surface area (Å²) >= 11 is 1.30. The number of rotatable bonds is 3. The molecule has 0 fully saturated rings. The number of thiophene rings is 1. The number of nitrogens with zero attached hydrogens (tertiary/aromatic N) is 4. The highest BCUT2D eigenvalue weighted by atomic mass is 32.1. The molecular formula is C12H9F3N4OS. The molecule has 0 N–H and O–H groups in total. The minimum atomic E-state index is -4.63. The quantitative estimate of drug-likeness (QED) is 0.744. The molecule has 0 saturated heterocycles. The molecule has 3 aromatic rings. The van der Waals surface area contributed by atoms with E-state index in [-0.39, 0.29) is 5.82 Å². The number of halogens is 3. The van der Waals surface area contributed by atoms with E-state index in [9.17, 15) is 13.2 Å². The number of aryl methyl sites for hydroxylation is 1.